The van der Waals surface area contributed by atoms with Crippen LogP contribution in [0.5, 0.6) is 0 Å². The molecule has 0 aliphatic heterocycles. The summed E-state index contributed by atoms with van der Waals surface area (Å²) in [6.45, 7) is 7.28. The fourth-order valence-electron chi connectivity index (χ4n) is 1.30. The van der Waals surface area contributed by atoms with Crippen molar-refractivity contribution in [2.24, 2.45) is 0 Å². The molecule has 0 unspecified atom stereocenters. The largest absolute Gasteiger partial charge is 0.362 e. The first-order valence-corrected chi connectivity index (χ1v) is 6.32. The smallest absolute Gasteiger partial charge is 0.144 e. The highest BCUT2D eigenvalue weighted by Crippen LogP contribution is 2.27. The molecule has 2 aromatic heterocycles. The highest BCUT2D eigenvalue weighted by Gasteiger charge is 2.16. The van der Waals surface area contributed by atoms with E-state index in [1.165, 1.54) is 4.88 Å². The molecule has 0 aliphatic carbocycles. The zero-order chi connectivity index (χ0) is 12.3. The van der Waals surface area contributed by atoms with Crippen LogP contribution in [-0.2, 0) is 12.0 Å². The van der Waals surface area contributed by atoms with Crippen LogP contribution in [0.3, 0.4) is 0 Å². The van der Waals surface area contributed by atoms with E-state index in [9.17, 15) is 0 Å². The first-order valence-electron chi connectivity index (χ1n) is 5.51. The quantitative estimate of drug-likeness (QED) is 0.907. The maximum atomic E-state index is 4.41. The second-order valence-corrected chi connectivity index (χ2v) is 5.93. The summed E-state index contributed by atoms with van der Waals surface area (Å²) in [7, 11) is 0. The molecule has 0 atom stereocenters. The van der Waals surface area contributed by atoms with E-state index in [2.05, 4.69) is 41.0 Å². The van der Waals surface area contributed by atoms with Gasteiger partial charge in [0, 0.05) is 23.5 Å². The molecule has 0 saturated carbocycles. The lowest BCUT2D eigenvalue weighted by Crippen LogP contribution is -2.07. The van der Waals surface area contributed by atoms with Gasteiger partial charge in [0.1, 0.15) is 10.8 Å². The van der Waals surface area contributed by atoms with E-state index >= 15 is 0 Å². The molecule has 5 heteroatoms. The maximum absolute atomic E-state index is 4.41. The standard InChI is InChI=1S/C12H16N4S/c1-12(2,3)9-6-16-11(17-9)8-15-10-7-13-4-5-14-10/h4-7H,8H2,1-3H3,(H,14,15). The number of nitrogens with zero attached hydrogens (tertiary/aromatic N) is 3. The van der Waals surface area contributed by atoms with E-state index in [-0.39, 0.29) is 5.41 Å². The number of hydrogen-bond donors (Lipinski definition) is 1. The van der Waals surface area contributed by atoms with Crippen LogP contribution in [0.15, 0.2) is 24.8 Å². The molecule has 2 heterocycles. The fraction of sp³-hybridized carbons (Fsp3) is 0.417. The summed E-state index contributed by atoms with van der Waals surface area (Å²) in [5, 5.41) is 4.27. The minimum atomic E-state index is 0.169. The number of anilines is 1. The number of nitrogens with one attached hydrogen (secondary N) is 1. The van der Waals surface area contributed by atoms with Gasteiger partial charge in [0.25, 0.3) is 0 Å². The topological polar surface area (TPSA) is 50.7 Å². The van der Waals surface area contributed by atoms with Crippen LogP contribution >= 0.6 is 11.3 Å². The molecule has 0 amide bonds. The van der Waals surface area contributed by atoms with Crippen LogP contribution in [0.25, 0.3) is 0 Å². The molecule has 0 aliphatic rings. The van der Waals surface area contributed by atoms with Crippen molar-refractivity contribution in [3.63, 3.8) is 0 Å². The molecule has 0 fully saturated rings. The lowest BCUT2D eigenvalue weighted by molar-refractivity contribution is 0.602. The summed E-state index contributed by atoms with van der Waals surface area (Å²) < 4.78 is 0. The van der Waals surface area contributed by atoms with Gasteiger partial charge >= 0.3 is 0 Å². The van der Waals surface area contributed by atoms with Crippen molar-refractivity contribution >= 4 is 17.2 Å². The minimum absolute atomic E-state index is 0.169. The molecule has 17 heavy (non-hydrogen) atoms. The van der Waals surface area contributed by atoms with Crippen molar-refractivity contribution in [1.82, 2.24) is 15.0 Å². The average molecular weight is 248 g/mol. The molecule has 0 radical (unpaired) electrons. The molecule has 2 aromatic rings. The third-order valence-electron chi connectivity index (χ3n) is 2.28. The number of aromatic nitrogens is 3. The highest BCUT2D eigenvalue weighted by atomic mass is 32.1. The number of rotatable bonds is 3. The Bertz CT molecular complexity index is 473. The van der Waals surface area contributed by atoms with Crippen molar-refractivity contribution in [2.45, 2.75) is 32.7 Å². The maximum Gasteiger partial charge on any atom is 0.144 e. The molecule has 0 bridgehead atoms. The van der Waals surface area contributed by atoms with Gasteiger partial charge in [-0.25, -0.2) is 9.97 Å². The molecular formula is C12H16N4S. The highest BCUT2D eigenvalue weighted by molar-refractivity contribution is 7.11. The Morgan fingerprint density at radius 2 is 2.00 bits per heavy atom. The molecule has 0 saturated heterocycles. The van der Waals surface area contributed by atoms with E-state index < -0.39 is 0 Å². The molecule has 0 spiro atoms. The second-order valence-electron chi connectivity index (χ2n) is 4.81. The number of thiazole rings is 1. The lowest BCUT2D eigenvalue weighted by Gasteiger charge is -2.14. The predicted octanol–water partition coefficient (Wildman–Crippen LogP) is 2.84. The van der Waals surface area contributed by atoms with Crippen LogP contribution < -0.4 is 5.32 Å². The van der Waals surface area contributed by atoms with Gasteiger partial charge in [-0.15, -0.1) is 11.3 Å². The Balaban J connectivity index is 1.99. The third kappa shape index (κ3) is 3.23. The Hall–Kier alpha value is -1.49. The van der Waals surface area contributed by atoms with E-state index in [0.717, 1.165) is 10.8 Å². The van der Waals surface area contributed by atoms with Gasteiger partial charge in [0.2, 0.25) is 0 Å². The Kier molecular flexibility index (Phi) is 3.38. The van der Waals surface area contributed by atoms with Crippen molar-refractivity contribution in [3.05, 3.63) is 34.7 Å². The zero-order valence-electron chi connectivity index (χ0n) is 10.3. The van der Waals surface area contributed by atoms with Crippen LogP contribution in [0.4, 0.5) is 5.82 Å². The predicted molar refractivity (Wildman–Crippen MR) is 70.2 cm³/mol. The zero-order valence-corrected chi connectivity index (χ0v) is 11.1. The molecule has 2 rings (SSSR count). The van der Waals surface area contributed by atoms with Gasteiger partial charge in [0.05, 0.1) is 12.7 Å². The van der Waals surface area contributed by atoms with Gasteiger partial charge < -0.3 is 5.32 Å². The summed E-state index contributed by atoms with van der Waals surface area (Å²) in [5.41, 5.74) is 0.169. The van der Waals surface area contributed by atoms with Gasteiger partial charge in [-0.1, -0.05) is 20.8 Å². The Morgan fingerprint density at radius 1 is 1.18 bits per heavy atom. The van der Waals surface area contributed by atoms with Crippen LogP contribution in [0.1, 0.15) is 30.7 Å². The third-order valence-corrected chi connectivity index (χ3v) is 3.70. The normalized spacial score (nSPS) is 11.5. The first kappa shape index (κ1) is 12.0. The average Bonchev–Trinajstić information content (AvgIpc) is 2.76. The Morgan fingerprint density at radius 3 is 2.59 bits per heavy atom. The van der Waals surface area contributed by atoms with Crippen LogP contribution in [0, 0.1) is 0 Å². The minimum Gasteiger partial charge on any atom is -0.362 e. The van der Waals surface area contributed by atoms with Gasteiger partial charge in [-0.3, -0.25) is 4.98 Å². The second kappa shape index (κ2) is 4.79. The molecule has 0 aromatic carbocycles. The van der Waals surface area contributed by atoms with Crippen molar-refractivity contribution in [2.75, 3.05) is 5.32 Å². The SMILES string of the molecule is CC(C)(C)c1cnc(CNc2cnccn2)s1. The van der Waals surface area contributed by atoms with E-state index in [1.807, 2.05) is 6.20 Å². The molecular weight excluding hydrogens is 232 g/mol. The lowest BCUT2D eigenvalue weighted by atomic mass is 9.96. The van der Waals surface area contributed by atoms with Crippen LogP contribution in [-0.4, -0.2) is 15.0 Å². The van der Waals surface area contributed by atoms with E-state index in [0.29, 0.717) is 6.54 Å². The summed E-state index contributed by atoms with van der Waals surface area (Å²) in [5.74, 6) is 0.778. The van der Waals surface area contributed by atoms with Gasteiger partial charge in [-0.2, -0.15) is 0 Å². The summed E-state index contributed by atoms with van der Waals surface area (Å²) in [6.07, 6.45) is 6.99. The van der Waals surface area contributed by atoms with Crippen molar-refractivity contribution < 1.29 is 0 Å². The van der Waals surface area contributed by atoms with Gasteiger partial charge in [0.15, 0.2) is 0 Å². The molecule has 1 N–H and O–H groups in total. The summed E-state index contributed by atoms with van der Waals surface area (Å²) >= 11 is 1.74. The summed E-state index contributed by atoms with van der Waals surface area (Å²) in [6, 6.07) is 0. The molecule has 4 nitrogen and oxygen atoms in total. The van der Waals surface area contributed by atoms with E-state index in [1.54, 1.807) is 29.9 Å². The van der Waals surface area contributed by atoms with Crippen LogP contribution in [0.2, 0.25) is 0 Å². The van der Waals surface area contributed by atoms with Gasteiger partial charge in [-0.05, 0) is 5.41 Å². The van der Waals surface area contributed by atoms with Crippen molar-refractivity contribution in [3.8, 4) is 0 Å². The van der Waals surface area contributed by atoms with E-state index in [4.69, 9.17) is 0 Å². The first-order chi connectivity index (χ1) is 8.05. The summed E-state index contributed by atoms with van der Waals surface area (Å²) in [4.78, 5) is 13.9. The molecule has 90 valence electrons. The Labute approximate surface area is 105 Å². The van der Waals surface area contributed by atoms with Crippen molar-refractivity contribution in [1.29, 1.82) is 0 Å². The monoisotopic (exact) mass is 248 g/mol. The fourth-order valence-corrected chi connectivity index (χ4v) is 2.21. The number of hydrogen-bond acceptors (Lipinski definition) is 5.